The van der Waals surface area contributed by atoms with Crippen LogP contribution in [0.15, 0.2) is 112 Å². The summed E-state index contributed by atoms with van der Waals surface area (Å²) in [6.45, 7) is 0. The number of cyclic esters (lactones) is 1. The zero-order valence-corrected chi connectivity index (χ0v) is 24.9. The highest BCUT2D eigenvalue weighted by Gasteiger charge is 2.41. The normalized spacial score (nSPS) is 14.9. The summed E-state index contributed by atoms with van der Waals surface area (Å²) < 4.78 is 33.8. The molecule has 0 bridgehead atoms. The summed E-state index contributed by atoms with van der Waals surface area (Å²) in [5.41, 5.74) is 4.71. The number of ether oxygens (including phenoxy) is 1. The van der Waals surface area contributed by atoms with Gasteiger partial charge in [0.1, 0.15) is 11.4 Å². The molecule has 9 heteroatoms. The molecule has 2 heterocycles. The van der Waals surface area contributed by atoms with Gasteiger partial charge in [-0.2, -0.15) is 8.42 Å². The second kappa shape index (κ2) is 13.4. The minimum Gasteiger partial charge on any atom is -0.512 e. The first kappa shape index (κ1) is 29.5. The van der Waals surface area contributed by atoms with Crippen molar-refractivity contribution in [2.45, 2.75) is 62.0 Å². The molecule has 0 saturated heterocycles. The number of hydrogen-bond donors (Lipinski definition) is 2. The largest absolute Gasteiger partial charge is 0.512 e. The standard InChI is InChI=1S/C33H34N2O5S2/c36-30-22-33(19-17-25-9-3-1-4-10-25,20-18-26-11-5-2-6-12-26)40-32(37)29(30)16-8-14-27-13-7-15-28(21-27)35-42(38,39)31-23-41-24-34-31/h1-7,9-13,15,21,23-24,35-36H,8,14,16-20,22H2. The molecule has 1 aliphatic heterocycles. The van der Waals surface area contributed by atoms with E-state index in [1.807, 2.05) is 42.5 Å². The fourth-order valence-electron chi connectivity index (χ4n) is 5.31. The Morgan fingerprint density at radius 2 is 1.50 bits per heavy atom. The van der Waals surface area contributed by atoms with Gasteiger partial charge >= 0.3 is 5.97 Å². The third kappa shape index (κ3) is 7.66. The molecule has 218 valence electrons. The van der Waals surface area contributed by atoms with Crippen LogP contribution in [-0.2, 0) is 38.8 Å². The van der Waals surface area contributed by atoms with Crippen LogP contribution in [0, 0.1) is 0 Å². The maximum absolute atomic E-state index is 13.3. The van der Waals surface area contributed by atoms with Crippen LogP contribution in [0.1, 0.15) is 48.8 Å². The van der Waals surface area contributed by atoms with Gasteiger partial charge in [-0.15, -0.1) is 11.3 Å². The van der Waals surface area contributed by atoms with Gasteiger partial charge in [0.05, 0.1) is 11.1 Å². The lowest BCUT2D eigenvalue weighted by molar-refractivity contribution is -0.160. The molecule has 0 amide bonds. The van der Waals surface area contributed by atoms with E-state index in [0.717, 1.165) is 29.5 Å². The molecular weight excluding hydrogens is 569 g/mol. The van der Waals surface area contributed by atoms with Gasteiger partial charge in [-0.1, -0.05) is 72.8 Å². The lowest BCUT2D eigenvalue weighted by atomic mass is 9.82. The van der Waals surface area contributed by atoms with Gasteiger partial charge in [0.2, 0.25) is 0 Å². The van der Waals surface area contributed by atoms with Crippen molar-refractivity contribution in [2.24, 2.45) is 0 Å². The SMILES string of the molecule is O=C1OC(CCc2ccccc2)(CCc2ccccc2)CC(O)=C1CCCc1cccc(NS(=O)(=O)c2cscn2)c1. The molecule has 0 saturated carbocycles. The number of benzene rings is 3. The zero-order chi connectivity index (χ0) is 29.4. The van der Waals surface area contributed by atoms with Crippen LogP contribution < -0.4 is 4.72 Å². The van der Waals surface area contributed by atoms with Crippen LogP contribution in [0.2, 0.25) is 0 Å². The second-order valence-electron chi connectivity index (χ2n) is 10.6. The van der Waals surface area contributed by atoms with E-state index >= 15 is 0 Å². The maximum atomic E-state index is 13.3. The summed E-state index contributed by atoms with van der Waals surface area (Å²) in [6, 6.07) is 27.4. The molecule has 42 heavy (non-hydrogen) atoms. The van der Waals surface area contributed by atoms with Crippen LogP contribution in [-0.4, -0.2) is 30.1 Å². The number of nitrogens with zero attached hydrogens (tertiary/aromatic N) is 1. The number of carbonyl (C=O) groups is 1. The number of aliphatic hydroxyl groups is 1. The lowest BCUT2D eigenvalue weighted by Crippen LogP contribution is -2.41. The summed E-state index contributed by atoms with van der Waals surface area (Å²) >= 11 is 1.22. The van der Waals surface area contributed by atoms with Crippen molar-refractivity contribution in [1.29, 1.82) is 0 Å². The molecule has 5 rings (SSSR count). The van der Waals surface area contributed by atoms with E-state index in [0.29, 0.717) is 49.8 Å². The Morgan fingerprint density at radius 1 is 0.857 bits per heavy atom. The fraction of sp³-hybridized carbons (Fsp3) is 0.273. The van der Waals surface area contributed by atoms with E-state index in [9.17, 15) is 18.3 Å². The molecule has 4 aromatic rings. The average Bonchev–Trinajstić information content (AvgIpc) is 3.54. The van der Waals surface area contributed by atoms with E-state index in [2.05, 4.69) is 34.0 Å². The van der Waals surface area contributed by atoms with E-state index < -0.39 is 21.6 Å². The highest BCUT2D eigenvalue weighted by atomic mass is 32.2. The monoisotopic (exact) mass is 602 g/mol. The summed E-state index contributed by atoms with van der Waals surface area (Å²) in [6.07, 6.45) is 4.59. The Morgan fingerprint density at radius 3 is 2.10 bits per heavy atom. The average molecular weight is 603 g/mol. The number of sulfonamides is 1. The van der Waals surface area contributed by atoms with E-state index in [1.165, 1.54) is 22.2 Å². The third-order valence-electron chi connectivity index (χ3n) is 7.57. The van der Waals surface area contributed by atoms with Crippen molar-refractivity contribution in [2.75, 3.05) is 4.72 Å². The molecule has 0 atom stereocenters. The molecular formula is C33H34N2O5S2. The van der Waals surface area contributed by atoms with Gasteiger partial charge < -0.3 is 9.84 Å². The van der Waals surface area contributed by atoms with Gasteiger partial charge in [0, 0.05) is 17.5 Å². The third-order valence-corrected chi connectivity index (χ3v) is 9.59. The Labute approximate surface area is 251 Å². The number of esters is 1. The number of hydrogen-bond acceptors (Lipinski definition) is 7. The Balaban J connectivity index is 1.24. The van der Waals surface area contributed by atoms with Crippen molar-refractivity contribution in [1.82, 2.24) is 4.98 Å². The summed E-state index contributed by atoms with van der Waals surface area (Å²) in [4.78, 5) is 17.2. The molecule has 0 unspecified atom stereocenters. The van der Waals surface area contributed by atoms with Gasteiger partial charge in [0.25, 0.3) is 10.0 Å². The minimum absolute atomic E-state index is 0.0141. The Bertz CT molecular complexity index is 1580. The van der Waals surface area contributed by atoms with Crippen LogP contribution in [0.4, 0.5) is 5.69 Å². The number of rotatable bonds is 13. The predicted octanol–water partition coefficient (Wildman–Crippen LogP) is 7.03. The molecule has 1 aliphatic rings. The maximum Gasteiger partial charge on any atom is 0.337 e. The number of thiazole rings is 1. The second-order valence-corrected chi connectivity index (χ2v) is 13.0. The lowest BCUT2D eigenvalue weighted by Gasteiger charge is -2.37. The Hall–Kier alpha value is -3.95. The number of aryl methyl sites for hydroxylation is 3. The molecule has 1 aromatic heterocycles. The molecule has 7 nitrogen and oxygen atoms in total. The number of anilines is 1. The van der Waals surface area contributed by atoms with Crippen molar-refractivity contribution < 1.29 is 23.1 Å². The highest BCUT2D eigenvalue weighted by molar-refractivity contribution is 7.92. The quantitative estimate of drug-likeness (QED) is 0.159. The molecule has 0 aliphatic carbocycles. The van der Waals surface area contributed by atoms with Gasteiger partial charge in [-0.05, 0) is 73.8 Å². The molecule has 0 spiro atoms. The van der Waals surface area contributed by atoms with E-state index in [-0.39, 0.29) is 10.8 Å². The van der Waals surface area contributed by atoms with Gasteiger partial charge in [-0.3, -0.25) is 4.72 Å². The van der Waals surface area contributed by atoms with Gasteiger partial charge in [0.15, 0.2) is 5.03 Å². The van der Waals surface area contributed by atoms with Crippen molar-refractivity contribution in [3.8, 4) is 0 Å². The predicted molar refractivity (Wildman–Crippen MR) is 165 cm³/mol. The minimum atomic E-state index is -3.75. The number of aromatic nitrogens is 1. The first-order valence-corrected chi connectivity index (χ1v) is 16.5. The molecule has 3 aromatic carbocycles. The molecule has 2 N–H and O–H groups in total. The number of nitrogens with one attached hydrogen (secondary N) is 1. The van der Waals surface area contributed by atoms with Crippen molar-refractivity contribution in [3.05, 3.63) is 124 Å². The number of carbonyl (C=O) groups excluding carboxylic acids is 1. The topological polar surface area (TPSA) is 106 Å². The molecule has 0 radical (unpaired) electrons. The smallest absolute Gasteiger partial charge is 0.337 e. The summed E-state index contributed by atoms with van der Waals surface area (Å²) in [5.74, 6) is -0.346. The van der Waals surface area contributed by atoms with E-state index in [1.54, 1.807) is 18.2 Å². The van der Waals surface area contributed by atoms with Crippen LogP contribution in [0.5, 0.6) is 0 Å². The number of aliphatic hydroxyl groups excluding tert-OH is 1. The zero-order valence-electron chi connectivity index (χ0n) is 23.2. The van der Waals surface area contributed by atoms with Crippen molar-refractivity contribution in [3.63, 3.8) is 0 Å². The van der Waals surface area contributed by atoms with Crippen LogP contribution in [0.25, 0.3) is 0 Å². The highest BCUT2D eigenvalue weighted by Crippen LogP contribution is 2.38. The van der Waals surface area contributed by atoms with Crippen LogP contribution in [0.3, 0.4) is 0 Å². The first-order valence-electron chi connectivity index (χ1n) is 14.0. The van der Waals surface area contributed by atoms with Crippen molar-refractivity contribution >= 4 is 33.0 Å². The Kier molecular flexibility index (Phi) is 9.39. The molecule has 0 fully saturated rings. The summed E-state index contributed by atoms with van der Waals surface area (Å²) in [5, 5.41) is 12.6. The fourth-order valence-corrected chi connectivity index (χ4v) is 7.20. The van der Waals surface area contributed by atoms with E-state index in [4.69, 9.17) is 4.74 Å². The van der Waals surface area contributed by atoms with Crippen LogP contribution >= 0.6 is 11.3 Å². The van der Waals surface area contributed by atoms with Gasteiger partial charge in [-0.25, -0.2) is 9.78 Å². The first-order chi connectivity index (χ1) is 20.3. The summed E-state index contributed by atoms with van der Waals surface area (Å²) in [7, 11) is -3.75.